The summed E-state index contributed by atoms with van der Waals surface area (Å²) in [6, 6.07) is 30.7. The smallest absolute Gasteiger partial charge is 0.256 e. The molecule has 0 saturated heterocycles. The van der Waals surface area contributed by atoms with Crippen LogP contribution in [0.3, 0.4) is 0 Å². The second-order valence-electron chi connectivity index (χ2n) is 8.11. The van der Waals surface area contributed by atoms with E-state index in [9.17, 15) is 0 Å². The molecule has 1 unspecified atom stereocenters. The zero-order chi connectivity index (χ0) is 29.1. The van der Waals surface area contributed by atoms with Crippen LogP contribution in [-0.4, -0.2) is 7.11 Å². The van der Waals surface area contributed by atoms with Gasteiger partial charge in [0.15, 0.2) is 0 Å². The van der Waals surface area contributed by atoms with Crippen LogP contribution >= 0.6 is 120 Å². The standard InChI is InChI=1S/C25H19Cl5N3OP3S4/c1-34-21-8-16-25(17-9-21)41-37(40-24-14-6-20(28)7-15-24)32-35(29,30)31-36(33-37,38-22-10-2-18(26)3-11-22)39-23-12-4-19(27)5-13-23/h2-17H,1H3. The van der Waals surface area contributed by atoms with E-state index in [4.69, 9.17) is 75.6 Å². The fourth-order valence-corrected chi connectivity index (χ4v) is 38.8. The minimum atomic E-state index is -3.16. The van der Waals surface area contributed by atoms with Crippen molar-refractivity contribution in [1.82, 2.24) is 0 Å². The van der Waals surface area contributed by atoms with E-state index in [0.717, 1.165) is 25.3 Å². The molecule has 0 amide bonds. The maximum Gasteiger partial charge on any atom is 0.256 e. The topological polar surface area (TPSA) is 46.3 Å². The lowest BCUT2D eigenvalue weighted by Crippen LogP contribution is -1.82. The maximum absolute atomic E-state index is 7.03. The number of nitrogens with zero attached hydrogens (tertiary/aromatic N) is 3. The normalized spacial score (nSPS) is 19.0. The summed E-state index contributed by atoms with van der Waals surface area (Å²) in [5.41, 5.74) is -5.52. The average Bonchev–Trinajstić information content (AvgIpc) is 2.92. The van der Waals surface area contributed by atoms with Crippen LogP contribution in [0.25, 0.3) is 0 Å². The minimum Gasteiger partial charge on any atom is -0.497 e. The molecule has 0 N–H and O–H groups in total. The molecule has 214 valence electrons. The molecule has 0 aromatic heterocycles. The summed E-state index contributed by atoms with van der Waals surface area (Å²) in [6.07, 6.45) is 0. The lowest BCUT2D eigenvalue weighted by Gasteiger charge is -2.30. The highest BCUT2D eigenvalue weighted by Crippen LogP contribution is 2.96. The Kier molecular flexibility index (Phi) is 11.2. The zero-order valence-corrected chi connectivity index (χ0v) is 30.6. The van der Waals surface area contributed by atoms with Gasteiger partial charge in [-0.15, -0.1) is 0 Å². The van der Waals surface area contributed by atoms with E-state index in [2.05, 4.69) is 0 Å². The molecule has 1 aliphatic heterocycles. The van der Waals surface area contributed by atoms with Gasteiger partial charge in [0.25, 0.3) is 5.91 Å². The van der Waals surface area contributed by atoms with Crippen molar-refractivity contribution in [2.24, 2.45) is 13.5 Å². The average molecular weight is 776 g/mol. The van der Waals surface area contributed by atoms with Crippen LogP contribution < -0.4 is 4.74 Å². The van der Waals surface area contributed by atoms with Crippen molar-refractivity contribution in [3.05, 3.63) is 112 Å². The second-order valence-corrected chi connectivity index (χ2v) is 30.1. The van der Waals surface area contributed by atoms with Crippen molar-refractivity contribution < 1.29 is 4.74 Å². The van der Waals surface area contributed by atoms with Crippen LogP contribution in [0.5, 0.6) is 5.75 Å². The zero-order valence-electron chi connectivity index (χ0n) is 20.9. The number of hydrogen-bond acceptors (Lipinski definition) is 8. The molecule has 1 aliphatic rings. The Bertz CT molecular complexity index is 1650. The SMILES string of the molecule is COc1ccc(SP2(Sc3ccc(Cl)cc3)=NP(Sc3ccc(Cl)cc3)(Sc3ccc(Cl)cc3)=NP(Cl)(Cl)=N2)cc1. The molecule has 0 aliphatic carbocycles. The van der Waals surface area contributed by atoms with Crippen molar-refractivity contribution in [1.29, 1.82) is 0 Å². The Morgan fingerprint density at radius 2 is 0.805 bits per heavy atom. The number of halogens is 5. The predicted molar refractivity (Wildman–Crippen MR) is 191 cm³/mol. The highest BCUT2D eigenvalue weighted by atomic mass is 35.9. The van der Waals surface area contributed by atoms with Crippen LogP contribution in [0.1, 0.15) is 0 Å². The first-order chi connectivity index (χ1) is 19.5. The van der Waals surface area contributed by atoms with Gasteiger partial charge in [0.2, 0.25) is 11.2 Å². The number of ether oxygens (including phenoxy) is 1. The molecule has 1 atom stereocenters. The van der Waals surface area contributed by atoms with Crippen molar-refractivity contribution >= 4 is 120 Å². The van der Waals surface area contributed by atoms with Gasteiger partial charge in [-0.2, -0.15) is 9.03 Å². The number of hydrogen-bond donors (Lipinski definition) is 0. The van der Waals surface area contributed by atoms with E-state index in [-0.39, 0.29) is 0 Å². The third kappa shape index (κ3) is 9.13. The van der Waals surface area contributed by atoms with Gasteiger partial charge in [0.1, 0.15) is 5.75 Å². The molecular weight excluding hydrogens is 757 g/mol. The summed E-state index contributed by atoms with van der Waals surface area (Å²) >= 11 is 38.9. The predicted octanol–water partition coefficient (Wildman–Crippen LogP) is 15.5. The fraction of sp³-hybridized carbons (Fsp3) is 0.0400. The van der Waals surface area contributed by atoms with Gasteiger partial charge in [0.05, 0.1) is 7.11 Å². The van der Waals surface area contributed by atoms with E-state index in [1.54, 1.807) is 52.6 Å². The molecule has 4 nitrogen and oxygen atoms in total. The van der Waals surface area contributed by atoms with Crippen molar-refractivity contribution in [2.45, 2.75) is 19.6 Å². The molecule has 16 heteroatoms. The van der Waals surface area contributed by atoms with Gasteiger partial charge in [-0.3, -0.25) is 0 Å². The Hall–Kier alpha value is 0.220. The van der Waals surface area contributed by atoms with Gasteiger partial charge in [-0.1, -0.05) is 34.8 Å². The summed E-state index contributed by atoms with van der Waals surface area (Å²) in [6.45, 7) is 0. The Balaban J connectivity index is 1.71. The largest absolute Gasteiger partial charge is 0.497 e. The highest BCUT2D eigenvalue weighted by Gasteiger charge is 2.39. The summed E-state index contributed by atoms with van der Waals surface area (Å²) in [4.78, 5) is 3.83. The molecule has 0 saturated carbocycles. The first-order valence-corrected chi connectivity index (χ1v) is 25.3. The van der Waals surface area contributed by atoms with Gasteiger partial charge in [-0.25, -0.2) is 4.52 Å². The van der Waals surface area contributed by atoms with Crippen molar-refractivity contribution in [3.8, 4) is 5.75 Å². The molecule has 0 fully saturated rings. The molecule has 0 radical (unpaired) electrons. The molecule has 4 aromatic carbocycles. The molecule has 5 rings (SSSR count). The van der Waals surface area contributed by atoms with Crippen LogP contribution in [0.4, 0.5) is 0 Å². The van der Waals surface area contributed by atoms with E-state index >= 15 is 0 Å². The van der Waals surface area contributed by atoms with Gasteiger partial charge in [0, 0.05) is 34.6 Å². The van der Waals surface area contributed by atoms with Crippen LogP contribution in [0, 0.1) is 0 Å². The number of benzene rings is 4. The maximum atomic E-state index is 7.03. The number of rotatable bonds is 9. The highest BCUT2D eigenvalue weighted by molar-refractivity contribution is 8.96. The first kappa shape index (κ1) is 32.6. The molecular formula is C25H19Cl5N3OP3S4. The third-order valence-corrected chi connectivity index (χ3v) is 29.8. The second kappa shape index (κ2) is 14.1. The molecule has 4 aromatic rings. The van der Waals surface area contributed by atoms with E-state index in [0.29, 0.717) is 15.1 Å². The third-order valence-electron chi connectivity index (χ3n) is 5.06. The number of methoxy groups -OCH3 is 1. The Labute approximate surface area is 280 Å². The van der Waals surface area contributed by atoms with E-state index in [1.165, 1.54) is 0 Å². The monoisotopic (exact) mass is 773 g/mol. The molecule has 41 heavy (non-hydrogen) atoms. The minimum absolute atomic E-state index is 0.645. The van der Waals surface area contributed by atoms with Gasteiger partial charge in [-0.05, 0) is 165 Å². The van der Waals surface area contributed by atoms with E-state index < -0.39 is 17.1 Å². The van der Waals surface area contributed by atoms with Gasteiger partial charge >= 0.3 is 0 Å². The lowest BCUT2D eigenvalue weighted by molar-refractivity contribution is 0.414. The summed E-state index contributed by atoms with van der Waals surface area (Å²) in [5.74, 6) is -2.40. The summed E-state index contributed by atoms with van der Waals surface area (Å²) < 4.78 is 21.1. The Morgan fingerprint density at radius 1 is 0.488 bits per heavy atom. The summed E-state index contributed by atoms with van der Waals surface area (Å²) in [7, 11) is 1.64. The van der Waals surface area contributed by atoms with Crippen LogP contribution in [-0.2, 0) is 0 Å². The molecule has 0 spiro atoms. The molecule has 0 bridgehead atoms. The first-order valence-electron chi connectivity index (χ1n) is 11.5. The van der Waals surface area contributed by atoms with Crippen LogP contribution in [0.2, 0.25) is 15.1 Å². The molecule has 1 heterocycles. The quantitative estimate of drug-likeness (QED) is 0.158. The van der Waals surface area contributed by atoms with E-state index in [1.807, 2.05) is 97.1 Å². The van der Waals surface area contributed by atoms with Crippen LogP contribution in [0.15, 0.2) is 130 Å². The fourth-order valence-electron chi connectivity index (χ4n) is 3.32. The van der Waals surface area contributed by atoms with Gasteiger partial charge < -0.3 is 4.74 Å². The van der Waals surface area contributed by atoms with Crippen molar-refractivity contribution in [3.63, 3.8) is 0 Å². The Morgan fingerprint density at radius 3 is 1.15 bits per heavy atom. The lowest BCUT2D eigenvalue weighted by atomic mass is 10.3. The van der Waals surface area contributed by atoms with Crippen molar-refractivity contribution in [2.75, 3.05) is 7.11 Å². The summed E-state index contributed by atoms with van der Waals surface area (Å²) in [5, 5.41) is 1.93.